The first-order chi connectivity index (χ1) is 4.88. The summed E-state index contributed by atoms with van der Waals surface area (Å²) in [5.41, 5.74) is 0. The average molecular weight is 140 g/mol. The zero-order chi connectivity index (χ0) is 7.40. The van der Waals surface area contributed by atoms with Gasteiger partial charge in [-0.1, -0.05) is 6.08 Å². The molecule has 1 N–H and O–H groups in total. The van der Waals surface area contributed by atoms with Crippen LogP contribution in [0.4, 0.5) is 0 Å². The zero-order valence-electron chi connectivity index (χ0n) is 6.42. The molecule has 0 unspecified atom stereocenters. The fraction of sp³-hybridized carbons (Fsp3) is 0.778. The van der Waals surface area contributed by atoms with Gasteiger partial charge in [-0.05, 0) is 37.5 Å². The first-order valence-electron chi connectivity index (χ1n) is 4.10. The van der Waals surface area contributed by atoms with E-state index in [0.29, 0.717) is 6.61 Å². The molecule has 1 rings (SSSR count). The molecule has 0 aromatic carbocycles. The third-order valence-electron chi connectivity index (χ3n) is 2.27. The Morgan fingerprint density at radius 1 is 1.50 bits per heavy atom. The first kappa shape index (κ1) is 7.80. The second-order valence-corrected chi connectivity index (χ2v) is 3.15. The fourth-order valence-electron chi connectivity index (χ4n) is 1.52. The molecule has 0 aromatic heterocycles. The Kier molecular flexibility index (Phi) is 2.94. The molecular formula is C9H16O. The van der Waals surface area contributed by atoms with Gasteiger partial charge in [0.2, 0.25) is 0 Å². The fourth-order valence-corrected chi connectivity index (χ4v) is 1.52. The number of rotatable bonds is 5. The minimum atomic E-state index is 0.358. The Labute approximate surface area is 62.8 Å². The van der Waals surface area contributed by atoms with Gasteiger partial charge < -0.3 is 5.11 Å². The lowest BCUT2D eigenvalue weighted by Crippen LogP contribution is -1.86. The SMILES string of the molecule is C=CC[C@H]1C[C@H]1CCCO. The minimum Gasteiger partial charge on any atom is -0.396 e. The van der Waals surface area contributed by atoms with Crippen molar-refractivity contribution in [3.63, 3.8) is 0 Å². The molecule has 1 fully saturated rings. The maximum Gasteiger partial charge on any atom is 0.0431 e. The summed E-state index contributed by atoms with van der Waals surface area (Å²) in [5.74, 6) is 1.81. The van der Waals surface area contributed by atoms with E-state index < -0.39 is 0 Å². The highest BCUT2D eigenvalue weighted by atomic mass is 16.2. The molecule has 10 heavy (non-hydrogen) atoms. The van der Waals surface area contributed by atoms with Crippen LogP contribution in [0, 0.1) is 11.8 Å². The van der Waals surface area contributed by atoms with Gasteiger partial charge in [0.25, 0.3) is 0 Å². The summed E-state index contributed by atoms with van der Waals surface area (Å²) in [6.07, 6.45) is 6.75. The summed E-state index contributed by atoms with van der Waals surface area (Å²) in [6, 6.07) is 0. The molecular weight excluding hydrogens is 124 g/mol. The van der Waals surface area contributed by atoms with E-state index in [1.807, 2.05) is 6.08 Å². The first-order valence-corrected chi connectivity index (χ1v) is 4.10. The van der Waals surface area contributed by atoms with Gasteiger partial charge in [-0.25, -0.2) is 0 Å². The Morgan fingerprint density at radius 3 is 2.90 bits per heavy atom. The molecule has 0 bridgehead atoms. The predicted octanol–water partition coefficient (Wildman–Crippen LogP) is 1.97. The normalized spacial score (nSPS) is 30.1. The van der Waals surface area contributed by atoms with Crippen LogP contribution in [-0.4, -0.2) is 11.7 Å². The van der Waals surface area contributed by atoms with E-state index in [9.17, 15) is 0 Å². The van der Waals surface area contributed by atoms with Crippen molar-refractivity contribution in [3.05, 3.63) is 12.7 Å². The van der Waals surface area contributed by atoms with Crippen LogP contribution in [-0.2, 0) is 0 Å². The maximum atomic E-state index is 8.54. The van der Waals surface area contributed by atoms with Crippen LogP contribution >= 0.6 is 0 Å². The largest absolute Gasteiger partial charge is 0.396 e. The topological polar surface area (TPSA) is 20.2 Å². The van der Waals surface area contributed by atoms with Crippen molar-refractivity contribution in [1.82, 2.24) is 0 Å². The summed E-state index contributed by atoms with van der Waals surface area (Å²) in [6.45, 7) is 4.06. The Morgan fingerprint density at radius 2 is 2.30 bits per heavy atom. The smallest absolute Gasteiger partial charge is 0.0431 e. The molecule has 0 radical (unpaired) electrons. The third kappa shape index (κ3) is 2.14. The van der Waals surface area contributed by atoms with Crippen molar-refractivity contribution in [2.45, 2.75) is 25.7 Å². The molecule has 0 aromatic rings. The molecule has 0 aliphatic heterocycles. The molecule has 1 aliphatic carbocycles. The van der Waals surface area contributed by atoms with E-state index in [4.69, 9.17) is 5.11 Å². The van der Waals surface area contributed by atoms with Crippen molar-refractivity contribution in [1.29, 1.82) is 0 Å². The standard InChI is InChI=1S/C9H16O/c1-2-4-8-7-9(8)5-3-6-10/h2,8-10H,1,3-7H2/t8-,9+/m0/s1. The average Bonchev–Trinajstić information content (AvgIpc) is 2.65. The molecule has 1 saturated carbocycles. The summed E-state index contributed by atoms with van der Waals surface area (Å²) in [5, 5.41) is 8.54. The quantitative estimate of drug-likeness (QED) is 0.579. The van der Waals surface area contributed by atoms with E-state index in [-0.39, 0.29) is 0 Å². The van der Waals surface area contributed by atoms with Crippen LogP contribution in [0.3, 0.4) is 0 Å². The maximum absolute atomic E-state index is 8.54. The van der Waals surface area contributed by atoms with E-state index in [1.165, 1.54) is 19.3 Å². The highest BCUT2D eigenvalue weighted by Gasteiger charge is 2.34. The second kappa shape index (κ2) is 3.77. The molecule has 0 amide bonds. The number of allylic oxidation sites excluding steroid dienone is 1. The summed E-state index contributed by atoms with van der Waals surface area (Å²) < 4.78 is 0. The monoisotopic (exact) mass is 140 g/mol. The molecule has 1 heteroatoms. The van der Waals surface area contributed by atoms with Crippen molar-refractivity contribution in [3.8, 4) is 0 Å². The van der Waals surface area contributed by atoms with E-state index >= 15 is 0 Å². The summed E-state index contributed by atoms with van der Waals surface area (Å²) >= 11 is 0. The van der Waals surface area contributed by atoms with Gasteiger partial charge in [-0.3, -0.25) is 0 Å². The number of hydrogen-bond acceptors (Lipinski definition) is 1. The summed E-state index contributed by atoms with van der Waals surface area (Å²) in [7, 11) is 0. The van der Waals surface area contributed by atoms with Gasteiger partial charge in [-0.2, -0.15) is 0 Å². The van der Waals surface area contributed by atoms with Crippen LogP contribution in [0.1, 0.15) is 25.7 Å². The summed E-state index contributed by atoms with van der Waals surface area (Å²) in [4.78, 5) is 0. The molecule has 0 saturated heterocycles. The minimum absolute atomic E-state index is 0.358. The van der Waals surface area contributed by atoms with Gasteiger partial charge in [0.1, 0.15) is 0 Å². The van der Waals surface area contributed by atoms with Crippen LogP contribution in [0.2, 0.25) is 0 Å². The van der Waals surface area contributed by atoms with Crippen molar-refractivity contribution < 1.29 is 5.11 Å². The van der Waals surface area contributed by atoms with Crippen LogP contribution in [0.15, 0.2) is 12.7 Å². The van der Waals surface area contributed by atoms with Crippen molar-refractivity contribution >= 4 is 0 Å². The number of aliphatic hydroxyl groups is 1. The van der Waals surface area contributed by atoms with E-state index in [2.05, 4.69) is 6.58 Å². The van der Waals surface area contributed by atoms with Gasteiger partial charge in [-0.15, -0.1) is 6.58 Å². The zero-order valence-corrected chi connectivity index (χ0v) is 6.42. The molecule has 0 heterocycles. The molecule has 58 valence electrons. The lowest BCUT2D eigenvalue weighted by Gasteiger charge is -1.93. The second-order valence-electron chi connectivity index (χ2n) is 3.15. The van der Waals surface area contributed by atoms with E-state index in [1.54, 1.807) is 0 Å². The lowest BCUT2D eigenvalue weighted by molar-refractivity contribution is 0.280. The Hall–Kier alpha value is -0.300. The van der Waals surface area contributed by atoms with Gasteiger partial charge in [0.15, 0.2) is 0 Å². The van der Waals surface area contributed by atoms with Gasteiger partial charge >= 0.3 is 0 Å². The molecule has 1 nitrogen and oxygen atoms in total. The van der Waals surface area contributed by atoms with Crippen molar-refractivity contribution in [2.75, 3.05) is 6.61 Å². The van der Waals surface area contributed by atoms with Crippen LogP contribution < -0.4 is 0 Å². The number of aliphatic hydroxyl groups excluding tert-OH is 1. The Balaban J connectivity index is 1.96. The van der Waals surface area contributed by atoms with Crippen LogP contribution in [0.25, 0.3) is 0 Å². The number of hydrogen-bond donors (Lipinski definition) is 1. The predicted molar refractivity (Wildman–Crippen MR) is 42.7 cm³/mol. The van der Waals surface area contributed by atoms with E-state index in [0.717, 1.165) is 18.3 Å². The highest BCUT2D eigenvalue weighted by Crippen LogP contribution is 2.44. The van der Waals surface area contributed by atoms with Gasteiger partial charge in [0.05, 0.1) is 0 Å². The van der Waals surface area contributed by atoms with Crippen molar-refractivity contribution in [2.24, 2.45) is 11.8 Å². The van der Waals surface area contributed by atoms with Gasteiger partial charge in [0, 0.05) is 6.61 Å². The third-order valence-corrected chi connectivity index (χ3v) is 2.27. The molecule has 0 spiro atoms. The lowest BCUT2D eigenvalue weighted by atomic mass is 10.1. The molecule has 2 atom stereocenters. The highest BCUT2D eigenvalue weighted by molar-refractivity contribution is 4.90. The Bertz CT molecular complexity index is 109. The van der Waals surface area contributed by atoms with Crippen LogP contribution in [0.5, 0.6) is 0 Å². The molecule has 1 aliphatic rings.